The normalized spacial score (nSPS) is 16.4. The summed E-state index contributed by atoms with van der Waals surface area (Å²) >= 11 is 0. The molecule has 0 saturated carbocycles. The molecule has 0 spiro atoms. The first-order valence-corrected chi connectivity index (χ1v) is 16.7. The van der Waals surface area contributed by atoms with E-state index in [4.69, 9.17) is 18.9 Å². The molecule has 0 unspecified atom stereocenters. The SMILES string of the molecule is CC#C[C@](C)(O)[C@@H](OCc1ccc(OC)cc1)[C@@H](C/C(C)=C/[Si](C)(C)C)[C@H](CCCCC)OCOC. The predicted molar refractivity (Wildman–Crippen MR) is 152 cm³/mol. The van der Waals surface area contributed by atoms with Crippen LogP contribution >= 0.6 is 0 Å². The molecule has 0 radical (unpaired) electrons. The molecule has 0 bridgehead atoms. The van der Waals surface area contributed by atoms with Crippen molar-refractivity contribution < 1.29 is 24.1 Å². The van der Waals surface area contributed by atoms with Gasteiger partial charge in [0.1, 0.15) is 24.2 Å². The molecule has 0 aromatic heterocycles. The van der Waals surface area contributed by atoms with Gasteiger partial charge in [-0.05, 0) is 51.3 Å². The third kappa shape index (κ3) is 12.1. The lowest BCUT2D eigenvalue weighted by Crippen LogP contribution is -2.49. The Hall–Kier alpha value is -1.62. The Labute approximate surface area is 221 Å². The molecule has 1 rings (SSSR count). The second-order valence-electron chi connectivity index (χ2n) is 10.9. The molecule has 0 fully saturated rings. The van der Waals surface area contributed by atoms with Gasteiger partial charge in [0, 0.05) is 13.0 Å². The highest BCUT2D eigenvalue weighted by molar-refractivity contribution is 6.81. The molecular weight excluding hydrogens is 468 g/mol. The number of benzene rings is 1. The number of aliphatic hydroxyl groups is 1. The molecule has 1 aromatic carbocycles. The number of ether oxygens (including phenoxy) is 4. The average Bonchev–Trinajstić information content (AvgIpc) is 2.80. The number of unbranched alkanes of at least 4 members (excludes halogenated alkanes) is 2. The predicted octanol–water partition coefficient (Wildman–Crippen LogP) is 6.75. The van der Waals surface area contributed by atoms with Crippen molar-refractivity contribution in [3.63, 3.8) is 0 Å². The summed E-state index contributed by atoms with van der Waals surface area (Å²) in [5.41, 5.74) is 3.40. The summed E-state index contributed by atoms with van der Waals surface area (Å²) < 4.78 is 23.4. The molecule has 36 heavy (non-hydrogen) atoms. The van der Waals surface area contributed by atoms with E-state index in [2.05, 4.69) is 51.0 Å². The van der Waals surface area contributed by atoms with Crippen LogP contribution < -0.4 is 4.74 Å². The van der Waals surface area contributed by atoms with Gasteiger partial charge in [0.05, 0.1) is 27.9 Å². The summed E-state index contributed by atoms with van der Waals surface area (Å²) in [6, 6.07) is 7.82. The summed E-state index contributed by atoms with van der Waals surface area (Å²) in [7, 11) is 1.87. The van der Waals surface area contributed by atoms with Crippen LogP contribution in [0.3, 0.4) is 0 Å². The van der Waals surface area contributed by atoms with Crippen LogP contribution in [0.4, 0.5) is 0 Å². The highest BCUT2D eigenvalue weighted by atomic mass is 28.3. The van der Waals surface area contributed by atoms with Crippen LogP contribution in [0.1, 0.15) is 65.4 Å². The van der Waals surface area contributed by atoms with Gasteiger partial charge in [0.15, 0.2) is 0 Å². The van der Waals surface area contributed by atoms with Gasteiger partial charge in [-0.15, -0.1) is 5.92 Å². The Balaban J connectivity index is 3.43. The molecule has 4 atom stereocenters. The van der Waals surface area contributed by atoms with Crippen molar-refractivity contribution in [2.24, 2.45) is 5.92 Å². The van der Waals surface area contributed by atoms with Gasteiger partial charge in [0.25, 0.3) is 0 Å². The van der Waals surface area contributed by atoms with Crippen molar-refractivity contribution in [1.82, 2.24) is 0 Å². The molecule has 0 aliphatic rings. The quantitative estimate of drug-likeness (QED) is 0.107. The van der Waals surface area contributed by atoms with Crippen LogP contribution in [0, 0.1) is 17.8 Å². The number of hydrogen-bond donors (Lipinski definition) is 1. The summed E-state index contributed by atoms with van der Waals surface area (Å²) in [5.74, 6) is 6.63. The zero-order valence-electron chi connectivity index (χ0n) is 24.1. The fourth-order valence-corrected chi connectivity index (χ4v) is 6.31. The zero-order chi connectivity index (χ0) is 27.2. The fraction of sp³-hybridized carbons (Fsp3) is 0.667. The first kappa shape index (κ1) is 32.4. The van der Waals surface area contributed by atoms with Crippen LogP contribution in [0.2, 0.25) is 19.6 Å². The number of allylic oxidation sites excluding steroid dienone is 1. The van der Waals surface area contributed by atoms with E-state index in [0.29, 0.717) is 6.61 Å². The minimum absolute atomic E-state index is 0.0984. The molecule has 0 heterocycles. The van der Waals surface area contributed by atoms with Gasteiger partial charge in [-0.1, -0.05) is 75.2 Å². The van der Waals surface area contributed by atoms with Crippen molar-refractivity contribution in [2.45, 2.75) is 104 Å². The van der Waals surface area contributed by atoms with E-state index in [-0.39, 0.29) is 18.8 Å². The van der Waals surface area contributed by atoms with E-state index < -0.39 is 19.8 Å². The van der Waals surface area contributed by atoms with Crippen LogP contribution in [-0.4, -0.2) is 52.0 Å². The Kier molecular flexibility index (Phi) is 14.6. The maximum atomic E-state index is 11.6. The molecule has 0 aliphatic carbocycles. The Morgan fingerprint density at radius 2 is 1.78 bits per heavy atom. The van der Waals surface area contributed by atoms with Crippen molar-refractivity contribution in [3.8, 4) is 17.6 Å². The third-order valence-corrected chi connectivity index (χ3v) is 7.48. The molecule has 0 aliphatic heterocycles. The molecule has 5 nitrogen and oxygen atoms in total. The van der Waals surface area contributed by atoms with Crippen LogP contribution in [0.15, 0.2) is 35.5 Å². The molecule has 204 valence electrons. The maximum absolute atomic E-state index is 11.6. The first-order valence-electron chi connectivity index (χ1n) is 13.2. The molecular formula is C30H50O5Si. The average molecular weight is 519 g/mol. The molecule has 0 saturated heterocycles. The van der Waals surface area contributed by atoms with Crippen molar-refractivity contribution in [1.29, 1.82) is 0 Å². The molecule has 1 aromatic rings. The number of hydrogen-bond acceptors (Lipinski definition) is 5. The second kappa shape index (κ2) is 16.3. The van der Waals surface area contributed by atoms with Gasteiger partial charge < -0.3 is 24.1 Å². The van der Waals surface area contributed by atoms with Crippen molar-refractivity contribution in [2.75, 3.05) is 21.0 Å². The Morgan fingerprint density at radius 3 is 2.31 bits per heavy atom. The summed E-state index contributed by atoms with van der Waals surface area (Å²) in [5, 5.41) is 11.6. The highest BCUT2D eigenvalue weighted by Crippen LogP contribution is 2.34. The molecule has 6 heteroatoms. The maximum Gasteiger partial charge on any atom is 0.148 e. The smallest absolute Gasteiger partial charge is 0.148 e. The van der Waals surface area contributed by atoms with Crippen molar-refractivity contribution >= 4 is 8.07 Å². The van der Waals surface area contributed by atoms with Gasteiger partial charge in [-0.2, -0.15) is 0 Å². The van der Waals surface area contributed by atoms with Crippen LogP contribution in [-0.2, 0) is 20.8 Å². The lowest BCUT2D eigenvalue weighted by molar-refractivity contribution is -0.159. The van der Waals surface area contributed by atoms with Gasteiger partial charge >= 0.3 is 0 Å². The monoisotopic (exact) mass is 518 g/mol. The molecule has 0 amide bonds. The second-order valence-corrected chi connectivity index (χ2v) is 16.0. The standard InChI is InChI=1S/C30H50O5Si/c1-10-12-13-14-28(35-23-32-5)27(20-24(3)22-36(7,8)9)29(30(4,31)19-11-2)34-21-25-15-17-26(33-6)18-16-25/h15-18,22,27-29,31H,10,12-14,20-21,23H2,1-9H3/b24-22+/t27-,28-,29-,30-/m0/s1. The van der Waals surface area contributed by atoms with Gasteiger partial charge in [-0.3, -0.25) is 0 Å². The van der Waals surface area contributed by atoms with E-state index in [9.17, 15) is 5.11 Å². The van der Waals surface area contributed by atoms with Gasteiger partial charge in [-0.25, -0.2) is 0 Å². The minimum Gasteiger partial charge on any atom is -0.497 e. The van der Waals surface area contributed by atoms with E-state index in [1.165, 1.54) is 5.57 Å². The lowest BCUT2D eigenvalue weighted by Gasteiger charge is -2.39. The highest BCUT2D eigenvalue weighted by Gasteiger charge is 2.42. The summed E-state index contributed by atoms with van der Waals surface area (Å²) in [6.45, 7) is 15.5. The lowest BCUT2D eigenvalue weighted by atomic mass is 9.79. The number of methoxy groups -OCH3 is 2. The van der Waals surface area contributed by atoms with Crippen LogP contribution in [0.5, 0.6) is 5.75 Å². The van der Waals surface area contributed by atoms with Crippen molar-refractivity contribution in [3.05, 3.63) is 41.1 Å². The zero-order valence-corrected chi connectivity index (χ0v) is 25.1. The summed E-state index contributed by atoms with van der Waals surface area (Å²) in [6.07, 6.45) is 4.26. The number of rotatable bonds is 17. The first-order chi connectivity index (χ1) is 17.0. The Bertz CT molecular complexity index is 830. The Morgan fingerprint density at radius 1 is 1.11 bits per heavy atom. The van der Waals surface area contributed by atoms with Crippen LogP contribution in [0.25, 0.3) is 0 Å². The fourth-order valence-electron chi connectivity index (χ4n) is 4.71. The van der Waals surface area contributed by atoms with E-state index in [0.717, 1.165) is 43.4 Å². The molecule has 1 N–H and O–H groups in total. The summed E-state index contributed by atoms with van der Waals surface area (Å²) in [4.78, 5) is 0. The topological polar surface area (TPSA) is 57.2 Å². The minimum atomic E-state index is -1.43. The van der Waals surface area contributed by atoms with E-state index in [1.807, 2.05) is 24.3 Å². The largest absolute Gasteiger partial charge is 0.497 e. The third-order valence-electron chi connectivity index (χ3n) is 6.12. The van der Waals surface area contributed by atoms with E-state index >= 15 is 0 Å². The van der Waals surface area contributed by atoms with Gasteiger partial charge in [0.2, 0.25) is 0 Å². The van der Waals surface area contributed by atoms with E-state index in [1.54, 1.807) is 28.1 Å².